The van der Waals surface area contributed by atoms with Crippen molar-refractivity contribution in [2.45, 2.75) is 6.42 Å². The first-order valence-electron chi connectivity index (χ1n) is 7.50. The second-order valence-electron chi connectivity index (χ2n) is 5.61. The van der Waals surface area contributed by atoms with Crippen molar-refractivity contribution in [2.75, 3.05) is 11.1 Å². The Morgan fingerprint density at radius 1 is 1.24 bits per heavy atom. The fourth-order valence-corrected chi connectivity index (χ4v) is 3.75. The lowest BCUT2D eigenvalue weighted by Crippen LogP contribution is -2.17. The molecule has 0 radical (unpaired) electrons. The molecular formula is C17H15FN2O4S. The fraction of sp³-hybridized carbons (Fsp3) is 0.176. The normalized spacial score (nSPS) is 18.0. The number of allylic oxidation sites excluding steroid dienone is 1. The molecule has 3 rings (SSSR count). The maximum Gasteiger partial charge on any atom is 0.225 e. The Morgan fingerprint density at radius 3 is 2.60 bits per heavy atom. The Morgan fingerprint density at radius 2 is 2.00 bits per heavy atom. The molecule has 1 aromatic heterocycles. The number of nitrogens with zero attached hydrogens (tertiary/aromatic N) is 1. The summed E-state index contributed by atoms with van der Waals surface area (Å²) in [6, 6.07) is 8.71. The molecule has 2 aromatic rings. The van der Waals surface area contributed by atoms with E-state index >= 15 is 0 Å². The van der Waals surface area contributed by atoms with Crippen molar-refractivity contribution in [2.24, 2.45) is 5.92 Å². The van der Waals surface area contributed by atoms with Crippen molar-refractivity contribution in [3.8, 4) is 11.6 Å². The van der Waals surface area contributed by atoms with Crippen LogP contribution in [0.2, 0.25) is 0 Å². The highest BCUT2D eigenvalue weighted by Gasteiger charge is 2.23. The SMILES string of the molecule is O=C(CC1C=CS(=O)(=O)C1)Nc1ccc(Oc2ccc(F)cc2)nc1. The van der Waals surface area contributed by atoms with Crippen LogP contribution in [0.1, 0.15) is 6.42 Å². The van der Waals surface area contributed by atoms with Crippen LogP contribution in [0, 0.1) is 11.7 Å². The predicted molar refractivity (Wildman–Crippen MR) is 90.4 cm³/mol. The Hall–Kier alpha value is -2.74. The first-order valence-corrected chi connectivity index (χ1v) is 9.21. The number of nitrogens with one attached hydrogen (secondary N) is 1. The molecule has 130 valence electrons. The minimum absolute atomic E-state index is 0.0386. The number of rotatable bonds is 5. The summed E-state index contributed by atoms with van der Waals surface area (Å²) in [5, 5.41) is 3.81. The molecule has 8 heteroatoms. The standard InChI is InChI=1S/C17H15FN2O4S/c18-13-1-4-15(5-2-13)24-17-6-3-14(10-19-17)20-16(21)9-12-7-8-25(22,23)11-12/h1-8,10,12H,9,11H2,(H,20,21). The van der Waals surface area contributed by atoms with Crippen LogP contribution in [0.3, 0.4) is 0 Å². The van der Waals surface area contributed by atoms with E-state index in [4.69, 9.17) is 4.74 Å². The summed E-state index contributed by atoms with van der Waals surface area (Å²) < 4.78 is 40.9. The molecule has 2 heterocycles. The number of halogens is 1. The summed E-state index contributed by atoms with van der Waals surface area (Å²) in [4.78, 5) is 16.0. The van der Waals surface area contributed by atoms with Gasteiger partial charge in [-0.2, -0.15) is 0 Å². The lowest BCUT2D eigenvalue weighted by molar-refractivity contribution is -0.116. The van der Waals surface area contributed by atoms with Crippen LogP contribution in [0.4, 0.5) is 10.1 Å². The lowest BCUT2D eigenvalue weighted by atomic mass is 10.1. The van der Waals surface area contributed by atoms with E-state index in [-0.39, 0.29) is 29.8 Å². The van der Waals surface area contributed by atoms with Crippen molar-refractivity contribution in [1.82, 2.24) is 4.98 Å². The topological polar surface area (TPSA) is 85.4 Å². The molecule has 0 saturated carbocycles. The van der Waals surface area contributed by atoms with Crippen LogP contribution in [-0.2, 0) is 14.6 Å². The molecule has 0 saturated heterocycles. The zero-order chi connectivity index (χ0) is 17.9. The van der Waals surface area contributed by atoms with Gasteiger partial charge in [0.2, 0.25) is 11.8 Å². The van der Waals surface area contributed by atoms with Gasteiger partial charge in [0.15, 0.2) is 9.84 Å². The van der Waals surface area contributed by atoms with E-state index in [1.54, 1.807) is 12.1 Å². The monoisotopic (exact) mass is 362 g/mol. The maximum absolute atomic E-state index is 12.8. The lowest BCUT2D eigenvalue weighted by Gasteiger charge is -2.09. The molecule has 0 fully saturated rings. The number of hydrogen-bond donors (Lipinski definition) is 1. The molecule has 1 unspecified atom stereocenters. The highest BCUT2D eigenvalue weighted by molar-refractivity contribution is 7.94. The van der Waals surface area contributed by atoms with Crippen molar-refractivity contribution < 1.29 is 22.3 Å². The quantitative estimate of drug-likeness (QED) is 0.884. The summed E-state index contributed by atoms with van der Waals surface area (Å²) in [5.41, 5.74) is 0.473. The van der Waals surface area contributed by atoms with Gasteiger partial charge >= 0.3 is 0 Å². The number of ether oxygens (including phenoxy) is 1. The van der Waals surface area contributed by atoms with Crippen LogP contribution in [0.5, 0.6) is 11.6 Å². The van der Waals surface area contributed by atoms with Gasteiger partial charge in [-0.3, -0.25) is 4.79 Å². The highest BCUT2D eigenvalue weighted by Crippen LogP contribution is 2.22. The summed E-state index contributed by atoms with van der Waals surface area (Å²) in [7, 11) is -3.16. The minimum Gasteiger partial charge on any atom is -0.439 e. The molecule has 25 heavy (non-hydrogen) atoms. The number of anilines is 1. The molecule has 1 aromatic carbocycles. The molecule has 0 aliphatic carbocycles. The molecule has 1 atom stereocenters. The van der Waals surface area contributed by atoms with Gasteiger partial charge in [-0.1, -0.05) is 6.08 Å². The van der Waals surface area contributed by atoms with Crippen molar-refractivity contribution in [3.05, 3.63) is 59.9 Å². The van der Waals surface area contributed by atoms with Gasteiger partial charge in [-0.15, -0.1) is 0 Å². The van der Waals surface area contributed by atoms with Gasteiger partial charge in [-0.05, 0) is 30.3 Å². The molecule has 6 nitrogen and oxygen atoms in total. The molecule has 1 N–H and O–H groups in total. The van der Waals surface area contributed by atoms with E-state index in [1.807, 2.05) is 0 Å². The van der Waals surface area contributed by atoms with E-state index in [2.05, 4.69) is 10.3 Å². The zero-order valence-corrected chi connectivity index (χ0v) is 13.9. The number of pyridine rings is 1. The largest absolute Gasteiger partial charge is 0.439 e. The van der Waals surface area contributed by atoms with Crippen molar-refractivity contribution in [1.29, 1.82) is 0 Å². The molecule has 1 amide bonds. The van der Waals surface area contributed by atoms with E-state index in [9.17, 15) is 17.6 Å². The van der Waals surface area contributed by atoms with Gasteiger partial charge in [0.25, 0.3) is 0 Å². The van der Waals surface area contributed by atoms with Gasteiger partial charge in [-0.25, -0.2) is 17.8 Å². The van der Waals surface area contributed by atoms with Gasteiger partial charge in [0.05, 0.1) is 17.6 Å². The van der Waals surface area contributed by atoms with E-state index in [0.717, 1.165) is 5.41 Å². The number of aromatic nitrogens is 1. The van der Waals surface area contributed by atoms with Gasteiger partial charge in [0, 0.05) is 23.8 Å². The maximum atomic E-state index is 12.8. The average Bonchev–Trinajstić information content (AvgIpc) is 2.90. The number of hydrogen-bond acceptors (Lipinski definition) is 5. The number of carbonyl (C=O) groups excluding carboxylic acids is 1. The Kier molecular flexibility index (Phi) is 4.80. The fourth-order valence-electron chi connectivity index (χ4n) is 2.36. The van der Waals surface area contributed by atoms with Crippen LogP contribution in [0.25, 0.3) is 0 Å². The Labute approximate surface area is 144 Å². The number of amides is 1. The molecule has 1 aliphatic heterocycles. The van der Waals surface area contributed by atoms with E-state index in [0.29, 0.717) is 17.3 Å². The van der Waals surface area contributed by atoms with Crippen LogP contribution in [0.15, 0.2) is 54.1 Å². The third kappa shape index (κ3) is 4.87. The molecule has 1 aliphatic rings. The third-order valence-corrected chi connectivity index (χ3v) is 4.97. The Balaban J connectivity index is 1.54. The minimum atomic E-state index is -3.16. The zero-order valence-electron chi connectivity index (χ0n) is 13.1. The summed E-state index contributed by atoms with van der Waals surface area (Å²) in [6.45, 7) is 0. The van der Waals surface area contributed by atoms with Gasteiger partial charge in [0.1, 0.15) is 11.6 Å². The average molecular weight is 362 g/mol. The summed E-state index contributed by atoms with van der Waals surface area (Å²) >= 11 is 0. The van der Waals surface area contributed by atoms with Crippen molar-refractivity contribution in [3.63, 3.8) is 0 Å². The highest BCUT2D eigenvalue weighted by atomic mass is 32.2. The van der Waals surface area contributed by atoms with E-state index in [1.165, 1.54) is 36.5 Å². The molecular weight excluding hydrogens is 347 g/mol. The first kappa shape index (κ1) is 17.1. The van der Waals surface area contributed by atoms with Crippen LogP contribution >= 0.6 is 0 Å². The summed E-state index contributed by atoms with van der Waals surface area (Å²) in [5.74, 6) is -0.249. The third-order valence-electron chi connectivity index (χ3n) is 3.51. The van der Waals surface area contributed by atoms with E-state index < -0.39 is 9.84 Å². The van der Waals surface area contributed by atoms with Gasteiger partial charge < -0.3 is 10.1 Å². The number of benzene rings is 1. The van der Waals surface area contributed by atoms with Crippen LogP contribution in [-0.4, -0.2) is 25.1 Å². The van der Waals surface area contributed by atoms with Crippen molar-refractivity contribution >= 4 is 21.4 Å². The number of carbonyl (C=O) groups is 1. The number of sulfone groups is 1. The molecule has 0 spiro atoms. The second kappa shape index (κ2) is 7.02. The predicted octanol–water partition coefficient (Wildman–Crippen LogP) is 2.90. The second-order valence-corrected chi connectivity index (χ2v) is 7.54. The summed E-state index contributed by atoms with van der Waals surface area (Å²) in [6.07, 6.45) is 3.05. The Bertz CT molecular complexity index is 893. The first-order chi connectivity index (χ1) is 11.9. The smallest absolute Gasteiger partial charge is 0.225 e. The molecule has 0 bridgehead atoms. The van der Waals surface area contributed by atoms with Crippen LogP contribution < -0.4 is 10.1 Å².